The van der Waals surface area contributed by atoms with E-state index in [1.54, 1.807) is 20.8 Å². The molecule has 0 radical (unpaired) electrons. The number of pyridine rings is 1. The lowest BCUT2D eigenvalue weighted by molar-refractivity contribution is -0.153. The number of ketones is 1. The van der Waals surface area contributed by atoms with Crippen LogP contribution < -0.4 is 15.6 Å². The first-order chi connectivity index (χ1) is 18.6. The highest BCUT2D eigenvalue weighted by atomic mass is 19.4. The fourth-order valence-electron chi connectivity index (χ4n) is 4.49. The molecule has 2 heterocycles. The molecule has 2 aromatic carbocycles. The van der Waals surface area contributed by atoms with Crippen LogP contribution in [0.1, 0.15) is 65.6 Å². The number of alkyl halides is 3. The van der Waals surface area contributed by atoms with E-state index < -0.39 is 58.7 Å². The fourth-order valence-corrected chi connectivity index (χ4v) is 4.49. The topological polar surface area (TPSA) is 124 Å². The number of nitrogens with one attached hydrogen (secondary N) is 1. The molecular formula is C28H27F3N2O7. The molecule has 0 aliphatic carbocycles. The molecule has 12 heteroatoms. The number of halogens is 3. The van der Waals surface area contributed by atoms with Gasteiger partial charge in [0.25, 0.3) is 11.5 Å². The summed E-state index contributed by atoms with van der Waals surface area (Å²) < 4.78 is 51.2. The Morgan fingerprint density at radius 3 is 2.35 bits per heavy atom. The molecule has 1 atom stereocenters. The molecule has 9 nitrogen and oxygen atoms in total. The third-order valence-electron chi connectivity index (χ3n) is 6.24. The Kier molecular flexibility index (Phi) is 7.39. The zero-order valence-corrected chi connectivity index (χ0v) is 22.1. The summed E-state index contributed by atoms with van der Waals surface area (Å²) in [5.41, 5.74) is -2.46. The molecule has 3 aromatic rings. The minimum atomic E-state index is -4.51. The molecule has 1 aliphatic rings. The number of carbonyl (C=O) groups excluding carboxylic acids is 3. The Hall–Kier alpha value is -4.35. The van der Waals surface area contributed by atoms with Gasteiger partial charge in [0.05, 0.1) is 17.1 Å². The van der Waals surface area contributed by atoms with Gasteiger partial charge in [-0.25, -0.2) is 0 Å². The Morgan fingerprint density at radius 1 is 1.12 bits per heavy atom. The number of benzene rings is 2. The zero-order chi connectivity index (χ0) is 29.6. The number of hydrogen-bond donors (Lipinski definition) is 2. The van der Waals surface area contributed by atoms with Crippen molar-refractivity contribution in [2.45, 2.75) is 51.9 Å². The van der Waals surface area contributed by atoms with Crippen LogP contribution in [0.15, 0.2) is 41.2 Å². The third kappa shape index (κ3) is 5.80. The smallest absolute Gasteiger partial charge is 0.416 e. The van der Waals surface area contributed by atoms with Crippen molar-refractivity contribution in [3.8, 4) is 11.5 Å². The van der Waals surface area contributed by atoms with Crippen molar-refractivity contribution in [1.29, 1.82) is 0 Å². The van der Waals surface area contributed by atoms with E-state index in [-0.39, 0.29) is 41.0 Å². The first-order valence-corrected chi connectivity index (χ1v) is 12.3. The number of rotatable bonds is 6. The summed E-state index contributed by atoms with van der Waals surface area (Å²) in [6, 6.07) is 6.38. The minimum Gasteiger partial charge on any atom is -0.506 e. The maximum absolute atomic E-state index is 13.7. The molecule has 2 N–H and O–H groups in total. The molecular weight excluding hydrogens is 533 g/mol. The standard InChI is InChI=1S/C28H27F3N2O7/c1-14(34)16-10-19-23-20(11-16)39-13-18(9-15-5-7-17(8-6-15)28(29,30)31)33(23)26(38)22(24(19)36)25(37)32-12-21(35)40-27(2,3)4/h5-8,10-11,18,36H,9,12-13H2,1-4H3,(H,32,37). The second kappa shape index (κ2) is 10.3. The Balaban J connectivity index is 1.80. The summed E-state index contributed by atoms with van der Waals surface area (Å²) in [6.07, 6.45) is -4.45. The molecule has 0 bridgehead atoms. The number of carbonyl (C=O) groups is 3. The summed E-state index contributed by atoms with van der Waals surface area (Å²) >= 11 is 0. The molecule has 1 aromatic heterocycles. The maximum Gasteiger partial charge on any atom is 0.416 e. The molecule has 40 heavy (non-hydrogen) atoms. The second-order valence-corrected chi connectivity index (χ2v) is 10.5. The molecule has 4 rings (SSSR count). The number of aromatic nitrogens is 1. The maximum atomic E-state index is 13.7. The number of ether oxygens (including phenoxy) is 2. The summed E-state index contributed by atoms with van der Waals surface area (Å²) in [5, 5.41) is 13.3. The van der Waals surface area contributed by atoms with Crippen LogP contribution in [0, 0.1) is 0 Å². The van der Waals surface area contributed by atoms with Gasteiger partial charge in [-0.15, -0.1) is 0 Å². The van der Waals surface area contributed by atoms with Gasteiger partial charge in [0.15, 0.2) is 5.78 Å². The zero-order valence-electron chi connectivity index (χ0n) is 22.1. The molecule has 1 amide bonds. The number of aromatic hydroxyl groups is 1. The van der Waals surface area contributed by atoms with Crippen LogP contribution >= 0.6 is 0 Å². The minimum absolute atomic E-state index is 0.0122. The number of Topliss-reactive ketones (excluding diaryl/α,β-unsaturated/α-hetero) is 1. The van der Waals surface area contributed by atoms with Crippen LogP contribution in [0.4, 0.5) is 13.2 Å². The van der Waals surface area contributed by atoms with Gasteiger partial charge in [-0.1, -0.05) is 12.1 Å². The molecule has 0 saturated heterocycles. The Morgan fingerprint density at radius 2 is 1.77 bits per heavy atom. The van der Waals surface area contributed by atoms with E-state index in [0.717, 1.165) is 12.1 Å². The van der Waals surface area contributed by atoms with Crippen LogP contribution in [-0.4, -0.2) is 46.1 Å². The quantitative estimate of drug-likeness (QED) is 0.343. The van der Waals surface area contributed by atoms with Crippen LogP contribution in [-0.2, 0) is 22.1 Å². The average Bonchev–Trinajstić information content (AvgIpc) is 2.84. The summed E-state index contributed by atoms with van der Waals surface area (Å²) in [7, 11) is 0. The molecule has 0 fully saturated rings. The number of esters is 1. The van der Waals surface area contributed by atoms with Gasteiger partial charge >= 0.3 is 12.1 Å². The van der Waals surface area contributed by atoms with E-state index in [1.165, 1.54) is 35.8 Å². The lowest BCUT2D eigenvalue weighted by Gasteiger charge is -2.30. The molecule has 1 aliphatic heterocycles. The number of nitrogens with zero attached hydrogens (tertiary/aromatic N) is 1. The van der Waals surface area contributed by atoms with E-state index in [2.05, 4.69) is 5.32 Å². The summed E-state index contributed by atoms with van der Waals surface area (Å²) in [6.45, 7) is 5.54. The highest BCUT2D eigenvalue weighted by Crippen LogP contribution is 2.39. The van der Waals surface area contributed by atoms with Crippen molar-refractivity contribution in [3.63, 3.8) is 0 Å². The van der Waals surface area contributed by atoms with Gasteiger partial charge in [0.2, 0.25) is 0 Å². The van der Waals surface area contributed by atoms with E-state index in [9.17, 15) is 37.5 Å². The predicted molar refractivity (Wildman–Crippen MR) is 138 cm³/mol. The monoisotopic (exact) mass is 560 g/mol. The Labute approximate surface area is 226 Å². The van der Waals surface area contributed by atoms with Gasteiger partial charge in [0.1, 0.15) is 35.8 Å². The third-order valence-corrected chi connectivity index (χ3v) is 6.24. The van der Waals surface area contributed by atoms with E-state index in [0.29, 0.717) is 5.56 Å². The Bertz CT molecular complexity index is 1570. The van der Waals surface area contributed by atoms with Gasteiger partial charge in [-0.2, -0.15) is 13.2 Å². The van der Waals surface area contributed by atoms with Crippen molar-refractivity contribution in [2.75, 3.05) is 13.2 Å². The van der Waals surface area contributed by atoms with E-state index in [1.807, 2.05) is 0 Å². The lowest BCUT2D eigenvalue weighted by atomic mass is 9.99. The van der Waals surface area contributed by atoms with Crippen molar-refractivity contribution < 1.29 is 42.1 Å². The van der Waals surface area contributed by atoms with Crippen LogP contribution in [0.5, 0.6) is 11.5 Å². The highest BCUT2D eigenvalue weighted by Gasteiger charge is 2.33. The normalized spacial score (nSPS) is 14.9. The van der Waals surface area contributed by atoms with Gasteiger partial charge in [-0.05, 0) is 63.9 Å². The number of amides is 1. The lowest BCUT2D eigenvalue weighted by Crippen LogP contribution is -2.40. The SMILES string of the molecule is CC(=O)c1cc2c3c(c1)c(O)c(C(=O)NCC(=O)OC(C)(C)C)c(=O)n3C(Cc1ccc(C(F)(F)F)cc1)CO2. The van der Waals surface area contributed by atoms with Crippen molar-refractivity contribution >= 4 is 28.6 Å². The van der Waals surface area contributed by atoms with Crippen LogP contribution in [0.3, 0.4) is 0 Å². The second-order valence-electron chi connectivity index (χ2n) is 10.5. The van der Waals surface area contributed by atoms with E-state index >= 15 is 0 Å². The van der Waals surface area contributed by atoms with Crippen LogP contribution in [0.25, 0.3) is 10.9 Å². The molecule has 0 saturated carbocycles. The summed E-state index contributed by atoms with van der Waals surface area (Å²) in [5.74, 6) is -2.76. The first kappa shape index (κ1) is 28.7. The number of hydrogen-bond acceptors (Lipinski definition) is 7. The predicted octanol–water partition coefficient (Wildman–Crippen LogP) is 4.18. The molecule has 0 spiro atoms. The average molecular weight is 561 g/mol. The van der Waals surface area contributed by atoms with Crippen molar-refractivity contribution in [3.05, 3.63) is 69.0 Å². The largest absolute Gasteiger partial charge is 0.506 e. The van der Waals surface area contributed by atoms with Gasteiger partial charge in [-0.3, -0.25) is 23.7 Å². The van der Waals surface area contributed by atoms with Crippen molar-refractivity contribution in [1.82, 2.24) is 9.88 Å². The summed E-state index contributed by atoms with van der Waals surface area (Å²) in [4.78, 5) is 51.0. The highest BCUT2D eigenvalue weighted by molar-refractivity contribution is 6.07. The van der Waals surface area contributed by atoms with E-state index in [4.69, 9.17) is 9.47 Å². The fraction of sp³-hybridized carbons (Fsp3) is 0.357. The van der Waals surface area contributed by atoms with Crippen LogP contribution in [0.2, 0.25) is 0 Å². The molecule has 1 unspecified atom stereocenters. The molecule has 212 valence electrons. The van der Waals surface area contributed by atoms with Gasteiger partial charge < -0.3 is 19.9 Å². The van der Waals surface area contributed by atoms with Crippen molar-refractivity contribution in [2.24, 2.45) is 0 Å². The van der Waals surface area contributed by atoms with Gasteiger partial charge in [0, 0.05) is 10.9 Å². The first-order valence-electron chi connectivity index (χ1n) is 12.3.